The standard InChI is InChI=1S/C10H18N2O2/c1-14-5-3-10(13)12-6-8-2-4-11-9(8)7-12/h8-9,11H,2-7H2,1H3/t8-,9+/m1/s1. The molecule has 4 heteroatoms. The molecule has 0 unspecified atom stereocenters. The van der Waals surface area contributed by atoms with Crippen LogP contribution in [0.1, 0.15) is 12.8 Å². The summed E-state index contributed by atoms with van der Waals surface area (Å²) in [6, 6.07) is 0.557. The number of amides is 1. The van der Waals surface area contributed by atoms with Crippen molar-refractivity contribution in [3.63, 3.8) is 0 Å². The SMILES string of the molecule is COCCC(=O)N1C[C@H]2CCN[C@H]2C1. The van der Waals surface area contributed by atoms with E-state index < -0.39 is 0 Å². The highest BCUT2D eigenvalue weighted by Crippen LogP contribution is 2.24. The van der Waals surface area contributed by atoms with Gasteiger partial charge < -0.3 is 15.0 Å². The minimum absolute atomic E-state index is 0.239. The number of rotatable bonds is 3. The van der Waals surface area contributed by atoms with Gasteiger partial charge in [-0.25, -0.2) is 0 Å². The minimum atomic E-state index is 0.239. The predicted octanol–water partition coefficient (Wildman–Crippen LogP) is -0.157. The van der Waals surface area contributed by atoms with Crippen molar-refractivity contribution in [3.05, 3.63) is 0 Å². The van der Waals surface area contributed by atoms with Crippen LogP contribution in [0.25, 0.3) is 0 Å². The van der Waals surface area contributed by atoms with Crippen LogP contribution in [0.3, 0.4) is 0 Å². The van der Waals surface area contributed by atoms with E-state index in [1.807, 2.05) is 4.90 Å². The smallest absolute Gasteiger partial charge is 0.224 e. The summed E-state index contributed by atoms with van der Waals surface area (Å²) in [4.78, 5) is 13.6. The molecule has 0 aromatic rings. The molecule has 2 rings (SSSR count). The fourth-order valence-corrected chi connectivity index (χ4v) is 2.40. The van der Waals surface area contributed by atoms with Crippen molar-refractivity contribution >= 4 is 5.91 Å². The first kappa shape index (κ1) is 9.93. The number of carbonyl (C=O) groups is 1. The molecule has 0 radical (unpaired) electrons. The summed E-state index contributed by atoms with van der Waals surface area (Å²) in [6.45, 7) is 3.50. The molecule has 0 aliphatic carbocycles. The van der Waals surface area contributed by atoms with Crippen LogP contribution >= 0.6 is 0 Å². The lowest BCUT2D eigenvalue weighted by atomic mass is 10.1. The van der Waals surface area contributed by atoms with Crippen LogP contribution in [0.5, 0.6) is 0 Å². The Bertz CT molecular complexity index is 208. The van der Waals surface area contributed by atoms with E-state index in [4.69, 9.17) is 4.74 Å². The number of carbonyl (C=O) groups excluding carboxylic acids is 1. The average Bonchev–Trinajstić information content (AvgIpc) is 2.72. The van der Waals surface area contributed by atoms with E-state index in [0.717, 1.165) is 19.6 Å². The minimum Gasteiger partial charge on any atom is -0.384 e. The Balaban J connectivity index is 1.80. The fraction of sp³-hybridized carbons (Fsp3) is 0.900. The van der Waals surface area contributed by atoms with Crippen LogP contribution < -0.4 is 5.32 Å². The van der Waals surface area contributed by atoms with Gasteiger partial charge in [-0.2, -0.15) is 0 Å². The second-order valence-corrected chi connectivity index (χ2v) is 4.15. The summed E-state index contributed by atoms with van der Waals surface area (Å²) in [6.07, 6.45) is 1.74. The Kier molecular flexibility index (Phi) is 3.03. The summed E-state index contributed by atoms with van der Waals surface area (Å²) in [7, 11) is 1.63. The molecule has 0 aromatic carbocycles. The van der Waals surface area contributed by atoms with Crippen LogP contribution in [0, 0.1) is 5.92 Å². The molecule has 2 heterocycles. The number of likely N-dealkylation sites (tertiary alicyclic amines) is 1. The molecule has 1 amide bonds. The predicted molar refractivity (Wildman–Crippen MR) is 53.0 cm³/mol. The van der Waals surface area contributed by atoms with Crippen molar-refractivity contribution < 1.29 is 9.53 Å². The Morgan fingerprint density at radius 3 is 3.14 bits per heavy atom. The molecule has 0 spiro atoms. The normalized spacial score (nSPS) is 30.8. The fourth-order valence-electron chi connectivity index (χ4n) is 2.40. The molecule has 14 heavy (non-hydrogen) atoms. The average molecular weight is 198 g/mol. The molecule has 0 bridgehead atoms. The van der Waals surface area contributed by atoms with E-state index in [1.54, 1.807) is 7.11 Å². The van der Waals surface area contributed by atoms with Gasteiger partial charge in [-0.1, -0.05) is 0 Å². The molecule has 4 nitrogen and oxygen atoms in total. The van der Waals surface area contributed by atoms with Gasteiger partial charge in [0.05, 0.1) is 13.0 Å². The van der Waals surface area contributed by atoms with E-state index >= 15 is 0 Å². The number of methoxy groups -OCH3 is 1. The molecule has 0 aromatic heterocycles. The zero-order valence-corrected chi connectivity index (χ0v) is 8.66. The number of hydrogen-bond donors (Lipinski definition) is 1. The third kappa shape index (κ3) is 1.91. The highest BCUT2D eigenvalue weighted by molar-refractivity contribution is 5.76. The van der Waals surface area contributed by atoms with Gasteiger partial charge in [0.15, 0.2) is 0 Å². The Labute approximate surface area is 84.6 Å². The topological polar surface area (TPSA) is 41.6 Å². The Morgan fingerprint density at radius 2 is 2.43 bits per heavy atom. The molecule has 2 fully saturated rings. The molecule has 2 atom stereocenters. The van der Waals surface area contributed by atoms with Crippen LogP contribution in [-0.4, -0.2) is 50.2 Å². The summed E-state index contributed by atoms with van der Waals surface area (Å²) in [5.74, 6) is 0.935. The molecule has 2 aliphatic heterocycles. The van der Waals surface area contributed by atoms with Gasteiger partial charge in [0.1, 0.15) is 0 Å². The molecule has 1 N–H and O–H groups in total. The number of ether oxygens (including phenoxy) is 1. The lowest BCUT2D eigenvalue weighted by molar-refractivity contribution is -0.131. The number of nitrogens with zero attached hydrogens (tertiary/aromatic N) is 1. The van der Waals surface area contributed by atoms with E-state index in [0.29, 0.717) is 25.0 Å². The van der Waals surface area contributed by atoms with Gasteiger partial charge in [-0.3, -0.25) is 4.79 Å². The molecule has 80 valence electrons. The van der Waals surface area contributed by atoms with Gasteiger partial charge >= 0.3 is 0 Å². The largest absolute Gasteiger partial charge is 0.384 e. The maximum atomic E-state index is 11.7. The zero-order valence-electron chi connectivity index (χ0n) is 8.66. The lowest BCUT2D eigenvalue weighted by Crippen LogP contribution is -2.34. The zero-order chi connectivity index (χ0) is 9.97. The second-order valence-electron chi connectivity index (χ2n) is 4.15. The first-order valence-electron chi connectivity index (χ1n) is 5.31. The maximum Gasteiger partial charge on any atom is 0.224 e. The quantitative estimate of drug-likeness (QED) is 0.685. The van der Waals surface area contributed by atoms with Crippen LogP contribution in [0.15, 0.2) is 0 Å². The van der Waals surface area contributed by atoms with Crippen molar-refractivity contribution in [2.24, 2.45) is 5.92 Å². The first-order valence-corrected chi connectivity index (χ1v) is 5.31. The van der Waals surface area contributed by atoms with Crippen molar-refractivity contribution in [1.82, 2.24) is 10.2 Å². The van der Waals surface area contributed by atoms with Gasteiger partial charge in [-0.05, 0) is 18.9 Å². The van der Waals surface area contributed by atoms with E-state index in [2.05, 4.69) is 5.32 Å². The van der Waals surface area contributed by atoms with Crippen molar-refractivity contribution in [1.29, 1.82) is 0 Å². The number of nitrogens with one attached hydrogen (secondary N) is 1. The van der Waals surface area contributed by atoms with Crippen molar-refractivity contribution in [2.45, 2.75) is 18.9 Å². The molecule has 2 aliphatic rings. The second kappa shape index (κ2) is 4.28. The van der Waals surface area contributed by atoms with E-state index in [9.17, 15) is 4.79 Å². The highest BCUT2D eigenvalue weighted by Gasteiger charge is 2.37. The van der Waals surface area contributed by atoms with E-state index in [-0.39, 0.29) is 5.91 Å². The Hall–Kier alpha value is -0.610. The number of hydrogen-bond acceptors (Lipinski definition) is 3. The molecular formula is C10H18N2O2. The summed E-state index contributed by atoms with van der Waals surface area (Å²) in [5, 5.41) is 3.43. The molecular weight excluding hydrogens is 180 g/mol. The van der Waals surface area contributed by atoms with Crippen LogP contribution in [-0.2, 0) is 9.53 Å². The third-order valence-electron chi connectivity index (χ3n) is 3.24. The van der Waals surface area contributed by atoms with Crippen molar-refractivity contribution in [2.75, 3.05) is 33.4 Å². The monoisotopic (exact) mass is 198 g/mol. The van der Waals surface area contributed by atoms with Crippen molar-refractivity contribution in [3.8, 4) is 0 Å². The maximum absolute atomic E-state index is 11.7. The van der Waals surface area contributed by atoms with Gasteiger partial charge in [0.25, 0.3) is 0 Å². The highest BCUT2D eigenvalue weighted by atomic mass is 16.5. The molecule has 2 saturated heterocycles. The van der Waals surface area contributed by atoms with Gasteiger partial charge in [0.2, 0.25) is 5.91 Å². The number of fused-ring (bicyclic) bond motifs is 1. The van der Waals surface area contributed by atoms with E-state index in [1.165, 1.54) is 6.42 Å². The van der Waals surface area contributed by atoms with Crippen LogP contribution in [0.2, 0.25) is 0 Å². The van der Waals surface area contributed by atoms with Gasteiger partial charge in [0, 0.05) is 26.2 Å². The first-order chi connectivity index (χ1) is 6.81. The Morgan fingerprint density at radius 1 is 1.57 bits per heavy atom. The third-order valence-corrected chi connectivity index (χ3v) is 3.24. The lowest BCUT2D eigenvalue weighted by Gasteiger charge is -2.16. The van der Waals surface area contributed by atoms with Gasteiger partial charge in [-0.15, -0.1) is 0 Å². The molecule has 0 saturated carbocycles. The van der Waals surface area contributed by atoms with Crippen LogP contribution in [0.4, 0.5) is 0 Å². The summed E-state index contributed by atoms with van der Waals surface area (Å²) >= 11 is 0. The summed E-state index contributed by atoms with van der Waals surface area (Å²) in [5.41, 5.74) is 0. The summed E-state index contributed by atoms with van der Waals surface area (Å²) < 4.78 is 4.90.